The lowest BCUT2D eigenvalue weighted by Crippen LogP contribution is -2.25. The summed E-state index contributed by atoms with van der Waals surface area (Å²) in [6.07, 6.45) is 1.12. The third-order valence-electron chi connectivity index (χ3n) is 3.47. The topological polar surface area (TPSA) is 66.5 Å². The summed E-state index contributed by atoms with van der Waals surface area (Å²) in [5.41, 5.74) is 2.11. The van der Waals surface area contributed by atoms with E-state index in [0.717, 1.165) is 6.26 Å². The molecule has 0 heterocycles. The van der Waals surface area contributed by atoms with E-state index in [1.54, 1.807) is 43.3 Å². The van der Waals surface area contributed by atoms with Gasteiger partial charge in [0.1, 0.15) is 0 Å². The Kier molecular flexibility index (Phi) is 5.42. The minimum Gasteiger partial charge on any atom is -0.322 e. The van der Waals surface area contributed by atoms with Gasteiger partial charge in [0.05, 0.1) is 22.0 Å². The van der Waals surface area contributed by atoms with Crippen LogP contribution in [0.5, 0.6) is 0 Å². The zero-order chi connectivity index (χ0) is 18.1. The summed E-state index contributed by atoms with van der Waals surface area (Å²) in [6, 6.07) is 9.58. The third kappa shape index (κ3) is 4.20. The molecule has 24 heavy (non-hydrogen) atoms. The Hall–Kier alpha value is -1.76. The summed E-state index contributed by atoms with van der Waals surface area (Å²) in [4.78, 5) is 12.3. The molecule has 128 valence electrons. The quantitative estimate of drug-likeness (QED) is 0.864. The van der Waals surface area contributed by atoms with E-state index in [9.17, 15) is 13.2 Å². The van der Waals surface area contributed by atoms with Crippen molar-refractivity contribution in [2.75, 3.05) is 22.9 Å². The zero-order valence-corrected chi connectivity index (χ0v) is 15.6. The second-order valence-electron chi connectivity index (χ2n) is 5.31. The van der Waals surface area contributed by atoms with Crippen LogP contribution in [0.2, 0.25) is 10.0 Å². The van der Waals surface area contributed by atoms with Crippen LogP contribution in [0.25, 0.3) is 0 Å². The Morgan fingerprint density at radius 2 is 1.75 bits per heavy atom. The fourth-order valence-electron chi connectivity index (χ4n) is 2.11. The molecule has 0 bridgehead atoms. The highest BCUT2D eigenvalue weighted by molar-refractivity contribution is 7.92. The molecule has 5 nitrogen and oxygen atoms in total. The van der Waals surface area contributed by atoms with Gasteiger partial charge in [0, 0.05) is 18.3 Å². The largest absolute Gasteiger partial charge is 0.322 e. The lowest BCUT2D eigenvalue weighted by Gasteiger charge is -2.19. The molecule has 2 rings (SSSR count). The van der Waals surface area contributed by atoms with Crippen molar-refractivity contribution in [2.24, 2.45) is 0 Å². The fourth-order valence-corrected chi connectivity index (χ4v) is 2.97. The highest BCUT2D eigenvalue weighted by atomic mass is 35.5. The molecule has 0 radical (unpaired) electrons. The first-order valence-electron chi connectivity index (χ1n) is 6.90. The van der Waals surface area contributed by atoms with Crippen molar-refractivity contribution in [3.8, 4) is 0 Å². The van der Waals surface area contributed by atoms with Gasteiger partial charge in [0.15, 0.2) is 0 Å². The van der Waals surface area contributed by atoms with Crippen LogP contribution in [0.1, 0.15) is 15.9 Å². The van der Waals surface area contributed by atoms with Crippen molar-refractivity contribution in [3.05, 3.63) is 57.6 Å². The number of amides is 1. The molecule has 0 saturated carbocycles. The standard InChI is InChI=1S/C16H16Cl2N2O3S/c1-10-8-11(4-7-15(10)20(2)24(3,22)23)16(21)19-12-5-6-13(17)14(18)9-12/h4-9H,1-3H3,(H,19,21). The molecule has 0 spiro atoms. The van der Waals surface area contributed by atoms with E-state index in [4.69, 9.17) is 23.2 Å². The third-order valence-corrected chi connectivity index (χ3v) is 5.40. The number of rotatable bonds is 4. The number of benzene rings is 2. The van der Waals surface area contributed by atoms with Crippen molar-refractivity contribution < 1.29 is 13.2 Å². The Morgan fingerprint density at radius 3 is 2.29 bits per heavy atom. The van der Waals surface area contributed by atoms with Crippen molar-refractivity contribution in [3.63, 3.8) is 0 Å². The maximum absolute atomic E-state index is 12.3. The number of anilines is 2. The van der Waals surface area contributed by atoms with Gasteiger partial charge in [0.25, 0.3) is 5.91 Å². The van der Waals surface area contributed by atoms with Crippen molar-refractivity contribution in [1.29, 1.82) is 0 Å². The van der Waals surface area contributed by atoms with E-state index in [1.165, 1.54) is 11.4 Å². The van der Waals surface area contributed by atoms with Gasteiger partial charge < -0.3 is 5.32 Å². The molecule has 0 unspecified atom stereocenters. The monoisotopic (exact) mass is 386 g/mol. The van der Waals surface area contributed by atoms with E-state index in [2.05, 4.69) is 5.32 Å². The predicted octanol–water partition coefficient (Wildman–Crippen LogP) is 3.95. The number of sulfonamides is 1. The molecule has 0 saturated heterocycles. The lowest BCUT2D eigenvalue weighted by atomic mass is 10.1. The van der Waals surface area contributed by atoms with E-state index in [1.807, 2.05) is 0 Å². The van der Waals surface area contributed by atoms with E-state index in [0.29, 0.717) is 32.5 Å². The van der Waals surface area contributed by atoms with Gasteiger partial charge in [-0.3, -0.25) is 9.10 Å². The summed E-state index contributed by atoms with van der Waals surface area (Å²) in [5.74, 6) is -0.329. The first-order valence-corrected chi connectivity index (χ1v) is 9.51. The van der Waals surface area contributed by atoms with Gasteiger partial charge in [-0.05, 0) is 48.9 Å². The second-order valence-corrected chi connectivity index (χ2v) is 8.14. The minimum atomic E-state index is -3.36. The van der Waals surface area contributed by atoms with Crippen LogP contribution in [0.4, 0.5) is 11.4 Å². The normalized spacial score (nSPS) is 11.2. The second kappa shape index (κ2) is 7.01. The Labute approximate surface area is 151 Å². The smallest absolute Gasteiger partial charge is 0.255 e. The van der Waals surface area contributed by atoms with Gasteiger partial charge in [-0.25, -0.2) is 8.42 Å². The van der Waals surface area contributed by atoms with Crippen LogP contribution in [-0.2, 0) is 10.0 Å². The van der Waals surface area contributed by atoms with E-state index >= 15 is 0 Å². The summed E-state index contributed by atoms with van der Waals surface area (Å²) in [5, 5.41) is 3.46. The minimum absolute atomic E-state index is 0.329. The Bertz CT molecular complexity index is 898. The number of hydrogen-bond acceptors (Lipinski definition) is 3. The number of halogens is 2. The fraction of sp³-hybridized carbons (Fsp3) is 0.188. The zero-order valence-electron chi connectivity index (χ0n) is 13.3. The van der Waals surface area contributed by atoms with Crippen LogP contribution >= 0.6 is 23.2 Å². The van der Waals surface area contributed by atoms with Crippen LogP contribution in [0.3, 0.4) is 0 Å². The first kappa shape index (κ1) is 18.6. The number of aryl methyl sites for hydroxylation is 1. The highest BCUT2D eigenvalue weighted by Crippen LogP contribution is 2.26. The van der Waals surface area contributed by atoms with Gasteiger partial charge >= 0.3 is 0 Å². The van der Waals surface area contributed by atoms with Gasteiger partial charge in [-0.15, -0.1) is 0 Å². The Balaban J connectivity index is 2.25. The molecule has 0 fully saturated rings. The van der Waals surface area contributed by atoms with E-state index in [-0.39, 0.29) is 5.91 Å². The molecule has 2 aromatic carbocycles. The van der Waals surface area contributed by atoms with Crippen molar-refractivity contribution >= 4 is 50.5 Å². The van der Waals surface area contributed by atoms with Crippen molar-refractivity contribution in [1.82, 2.24) is 0 Å². The number of hydrogen-bond donors (Lipinski definition) is 1. The van der Waals surface area contributed by atoms with Gasteiger partial charge in [-0.1, -0.05) is 23.2 Å². The molecule has 1 N–H and O–H groups in total. The maximum atomic E-state index is 12.3. The summed E-state index contributed by atoms with van der Waals surface area (Å²) >= 11 is 11.8. The SMILES string of the molecule is Cc1cc(C(=O)Nc2ccc(Cl)c(Cl)c2)ccc1N(C)S(C)(=O)=O. The molecule has 2 aromatic rings. The molecular formula is C16H16Cl2N2O3S. The summed E-state index contributed by atoms with van der Waals surface area (Å²) < 4.78 is 24.4. The van der Waals surface area contributed by atoms with Crippen LogP contribution < -0.4 is 9.62 Å². The first-order chi connectivity index (χ1) is 11.1. The van der Waals surface area contributed by atoms with E-state index < -0.39 is 10.0 Å². The summed E-state index contributed by atoms with van der Waals surface area (Å²) in [7, 11) is -1.90. The maximum Gasteiger partial charge on any atom is 0.255 e. The molecule has 8 heteroatoms. The molecule has 0 aliphatic carbocycles. The highest BCUT2D eigenvalue weighted by Gasteiger charge is 2.16. The summed E-state index contributed by atoms with van der Waals surface area (Å²) in [6.45, 7) is 1.74. The molecule has 1 amide bonds. The number of carbonyl (C=O) groups is 1. The molecular weight excluding hydrogens is 371 g/mol. The average molecular weight is 387 g/mol. The number of carbonyl (C=O) groups excluding carboxylic acids is 1. The number of nitrogens with zero attached hydrogens (tertiary/aromatic N) is 1. The predicted molar refractivity (Wildman–Crippen MR) is 98.8 cm³/mol. The Morgan fingerprint density at radius 1 is 1.08 bits per heavy atom. The van der Waals surface area contributed by atoms with Gasteiger partial charge in [0.2, 0.25) is 10.0 Å². The van der Waals surface area contributed by atoms with Crippen LogP contribution in [0.15, 0.2) is 36.4 Å². The number of nitrogens with one attached hydrogen (secondary N) is 1. The molecule has 0 atom stereocenters. The van der Waals surface area contributed by atoms with Gasteiger partial charge in [-0.2, -0.15) is 0 Å². The average Bonchev–Trinajstić information content (AvgIpc) is 2.49. The lowest BCUT2D eigenvalue weighted by molar-refractivity contribution is 0.102. The molecule has 0 aromatic heterocycles. The van der Waals surface area contributed by atoms with Crippen molar-refractivity contribution in [2.45, 2.75) is 6.92 Å². The van der Waals surface area contributed by atoms with Crippen LogP contribution in [0, 0.1) is 6.92 Å². The molecule has 0 aliphatic rings. The van der Waals surface area contributed by atoms with Crippen LogP contribution in [-0.4, -0.2) is 27.6 Å². The molecule has 0 aliphatic heterocycles.